The van der Waals surface area contributed by atoms with Crippen LogP contribution in [-0.2, 0) is 0 Å². The Morgan fingerprint density at radius 1 is 0.750 bits per heavy atom. The van der Waals surface area contributed by atoms with E-state index in [4.69, 9.17) is 0 Å². The van der Waals surface area contributed by atoms with E-state index in [1.165, 1.54) is 33.0 Å². The Hall–Kier alpha value is -1.50. The van der Waals surface area contributed by atoms with Gasteiger partial charge in [0, 0.05) is 0 Å². The van der Waals surface area contributed by atoms with Gasteiger partial charge in [0.15, 0.2) is 0 Å². The molecule has 0 aromatic heterocycles. The highest BCUT2D eigenvalue weighted by Gasteiger charge is 2.11. The first-order valence-electron chi connectivity index (χ1n) is 5.63. The minimum atomic E-state index is 0.357. The molecule has 2 rings (SSSR count). The molecule has 0 bridgehead atoms. The van der Waals surface area contributed by atoms with Crippen LogP contribution in [0.4, 0.5) is 0 Å². The van der Waals surface area contributed by atoms with E-state index in [2.05, 4.69) is 34.6 Å². The van der Waals surface area contributed by atoms with E-state index in [0.717, 1.165) is 5.56 Å². The number of phenols is 1. The van der Waals surface area contributed by atoms with Crippen LogP contribution in [0, 0.1) is 34.6 Å². The molecule has 0 fully saturated rings. The average Bonchev–Trinajstić information content (AvgIpc) is 2.22. The highest BCUT2D eigenvalue weighted by Crippen LogP contribution is 2.33. The second kappa shape index (κ2) is 3.51. The standard InChI is InChI=1S/C15H18O/c1-8-6-13(16)7-14-11(4)9(2)10(3)12(5)15(8)14/h6-7,16H,1-5H3. The summed E-state index contributed by atoms with van der Waals surface area (Å²) in [6.45, 7) is 10.7. The minimum absolute atomic E-state index is 0.357. The predicted octanol–water partition coefficient (Wildman–Crippen LogP) is 4.09. The maximum absolute atomic E-state index is 9.69. The van der Waals surface area contributed by atoms with E-state index >= 15 is 0 Å². The third-order valence-electron chi connectivity index (χ3n) is 3.79. The van der Waals surface area contributed by atoms with Gasteiger partial charge in [0.2, 0.25) is 0 Å². The topological polar surface area (TPSA) is 20.2 Å². The molecule has 1 N–H and O–H groups in total. The molecule has 0 spiro atoms. The van der Waals surface area contributed by atoms with E-state index in [0.29, 0.717) is 5.75 Å². The molecule has 0 aliphatic carbocycles. The molecule has 2 aromatic rings. The number of hydrogen-bond donors (Lipinski definition) is 1. The van der Waals surface area contributed by atoms with Crippen LogP contribution in [0.3, 0.4) is 0 Å². The highest BCUT2D eigenvalue weighted by molar-refractivity contribution is 5.94. The molecule has 2 aromatic carbocycles. The van der Waals surface area contributed by atoms with Crippen molar-refractivity contribution in [1.29, 1.82) is 0 Å². The van der Waals surface area contributed by atoms with Crippen molar-refractivity contribution in [3.8, 4) is 5.75 Å². The molecule has 0 aliphatic rings. The fourth-order valence-electron chi connectivity index (χ4n) is 2.51. The number of rotatable bonds is 0. The fourth-order valence-corrected chi connectivity index (χ4v) is 2.51. The molecule has 0 aliphatic heterocycles. The second-order valence-electron chi connectivity index (χ2n) is 4.69. The van der Waals surface area contributed by atoms with Gasteiger partial charge in [0.05, 0.1) is 0 Å². The van der Waals surface area contributed by atoms with Gasteiger partial charge in [-0.1, -0.05) is 0 Å². The Morgan fingerprint density at radius 3 is 1.94 bits per heavy atom. The Balaban J connectivity index is 3.08. The lowest BCUT2D eigenvalue weighted by atomic mass is 9.89. The largest absolute Gasteiger partial charge is 0.508 e. The number of aromatic hydroxyl groups is 1. The smallest absolute Gasteiger partial charge is 0.116 e. The minimum Gasteiger partial charge on any atom is -0.508 e. The van der Waals surface area contributed by atoms with Crippen LogP contribution in [0.15, 0.2) is 12.1 Å². The van der Waals surface area contributed by atoms with Crippen LogP contribution in [0.1, 0.15) is 27.8 Å². The third-order valence-corrected chi connectivity index (χ3v) is 3.79. The molecule has 0 saturated heterocycles. The monoisotopic (exact) mass is 214 g/mol. The second-order valence-corrected chi connectivity index (χ2v) is 4.69. The maximum atomic E-state index is 9.69. The van der Waals surface area contributed by atoms with Crippen LogP contribution in [0.5, 0.6) is 5.75 Å². The number of aryl methyl sites for hydroxylation is 3. The Morgan fingerprint density at radius 2 is 1.31 bits per heavy atom. The quantitative estimate of drug-likeness (QED) is 0.700. The van der Waals surface area contributed by atoms with Gasteiger partial charge in [0.25, 0.3) is 0 Å². The summed E-state index contributed by atoms with van der Waals surface area (Å²) in [6, 6.07) is 3.71. The van der Waals surface area contributed by atoms with Crippen molar-refractivity contribution in [3.05, 3.63) is 39.9 Å². The molecule has 84 valence electrons. The van der Waals surface area contributed by atoms with E-state index in [9.17, 15) is 5.11 Å². The van der Waals surface area contributed by atoms with E-state index < -0.39 is 0 Å². The predicted molar refractivity (Wildman–Crippen MR) is 69.3 cm³/mol. The zero-order chi connectivity index (χ0) is 12.0. The number of benzene rings is 2. The molecule has 0 saturated carbocycles. The van der Waals surface area contributed by atoms with Crippen molar-refractivity contribution in [2.75, 3.05) is 0 Å². The first kappa shape index (κ1) is 11.0. The van der Waals surface area contributed by atoms with Crippen LogP contribution in [-0.4, -0.2) is 5.11 Å². The van der Waals surface area contributed by atoms with Crippen LogP contribution >= 0.6 is 0 Å². The Kier molecular flexibility index (Phi) is 2.42. The first-order chi connectivity index (χ1) is 7.43. The van der Waals surface area contributed by atoms with Crippen molar-refractivity contribution >= 4 is 10.8 Å². The molecule has 0 atom stereocenters. The number of fused-ring (bicyclic) bond motifs is 1. The average molecular weight is 214 g/mol. The van der Waals surface area contributed by atoms with Gasteiger partial charge in [-0.2, -0.15) is 0 Å². The van der Waals surface area contributed by atoms with Crippen molar-refractivity contribution in [1.82, 2.24) is 0 Å². The van der Waals surface area contributed by atoms with Gasteiger partial charge in [-0.15, -0.1) is 0 Å². The van der Waals surface area contributed by atoms with Gasteiger partial charge in [0.1, 0.15) is 5.75 Å². The lowest BCUT2D eigenvalue weighted by molar-refractivity contribution is 0.476. The summed E-state index contributed by atoms with van der Waals surface area (Å²) in [4.78, 5) is 0. The molecule has 1 nitrogen and oxygen atoms in total. The summed E-state index contributed by atoms with van der Waals surface area (Å²) in [5.74, 6) is 0.357. The van der Waals surface area contributed by atoms with Gasteiger partial charge >= 0.3 is 0 Å². The molecule has 0 heterocycles. The lowest BCUT2D eigenvalue weighted by Gasteiger charge is -2.16. The maximum Gasteiger partial charge on any atom is 0.116 e. The van der Waals surface area contributed by atoms with E-state index in [1.807, 2.05) is 12.1 Å². The Labute approximate surface area is 96.7 Å². The third kappa shape index (κ3) is 1.39. The van der Waals surface area contributed by atoms with Crippen molar-refractivity contribution in [2.24, 2.45) is 0 Å². The highest BCUT2D eigenvalue weighted by atomic mass is 16.3. The van der Waals surface area contributed by atoms with Crippen LogP contribution < -0.4 is 0 Å². The van der Waals surface area contributed by atoms with Gasteiger partial charge < -0.3 is 5.11 Å². The van der Waals surface area contributed by atoms with E-state index in [1.54, 1.807) is 0 Å². The van der Waals surface area contributed by atoms with Crippen molar-refractivity contribution in [3.63, 3.8) is 0 Å². The SMILES string of the molecule is Cc1c(C)c(C)c2c(C)cc(O)cc2c1C. The van der Waals surface area contributed by atoms with Gasteiger partial charge in [-0.05, 0) is 85.3 Å². The lowest BCUT2D eigenvalue weighted by Crippen LogP contribution is -1.95. The molecule has 1 heteroatoms. The van der Waals surface area contributed by atoms with Crippen molar-refractivity contribution in [2.45, 2.75) is 34.6 Å². The number of phenolic OH excluding ortho intramolecular Hbond substituents is 1. The van der Waals surface area contributed by atoms with Gasteiger partial charge in [-0.25, -0.2) is 0 Å². The van der Waals surface area contributed by atoms with Crippen LogP contribution in [0.25, 0.3) is 10.8 Å². The summed E-state index contributed by atoms with van der Waals surface area (Å²) >= 11 is 0. The Bertz CT molecular complexity index is 580. The first-order valence-corrected chi connectivity index (χ1v) is 5.63. The van der Waals surface area contributed by atoms with Crippen molar-refractivity contribution < 1.29 is 5.11 Å². The molecular formula is C15H18O. The zero-order valence-corrected chi connectivity index (χ0v) is 10.6. The normalized spacial score (nSPS) is 11.1. The van der Waals surface area contributed by atoms with E-state index in [-0.39, 0.29) is 0 Å². The summed E-state index contributed by atoms with van der Waals surface area (Å²) in [5, 5.41) is 12.2. The fraction of sp³-hybridized carbons (Fsp3) is 0.333. The summed E-state index contributed by atoms with van der Waals surface area (Å²) < 4.78 is 0. The summed E-state index contributed by atoms with van der Waals surface area (Å²) in [6.07, 6.45) is 0. The molecule has 16 heavy (non-hydrogen) atoms. The summed E-state index contributed by atoms with van der Waals surface area (Å²) in [7, 11) is 0. The molecule has 0 unspecified atom stereocenters. The summed E-state index contributed by atoms with van der Waals surface area (Å²) in [5.41, 5.74) is 6.44. The molecule has 0 radical (unpaired) electrons. The van der Waals surface area contributed by atoms with Crippen LogP contribution in [0.2, 0.25) is 0 Å². The van der Waals surface area contributed by atoms with Gasteiger partial charge in [-0.3, -0.25) is 0 Å². The number of hydrogen-bond acceptors (Lipinski definition) is 1. The molecular weight excluding hydrogens is 196 g/mol. The molecule has 0 amide bonds. The zero-order valence-electron chi connectivity index (χ0n) is 10.6.